The number of phenolic OH excluding ortho intramolecular Hbond substituents is 2. The van der Waals surface area contributed by atoms with Crippen molar-refractivity contribution < 1.29 is 19.3 Å². The van der Waals surface area contributed by atoms with E-state index < -0.39 is 6.86 Å². The Morgan fingerprint density at radius 3 is 2.87 bits per heavy atom. The molecule has 23 heavy (non-hydrogen) atoms. The van der Waals surface area contributed by atoms with Gasteiger partial charge in [-0.2, -0.15) is 0 Å². The lowest BCUT2D eigenvalue weighted by atomic mass is 9.76. The quantitative estimate of drug-likeness (QED) is 0.836. The average Bonchev–Trinajstić information content (AvgIpc) is 2.54. The predicted molar refractivity (Wildman–Crippen MR) is 84.6 cm³/mol. The number of aromatic hydroxyl groups is 2. The summed E-state index contributed by atoms with van der Waals surface area (Å²) in [5.41, 5.74) is 4.73. The molecule has 0 bridgehead atoms. The first kappa shape index (κ1) is 14.3. The highest BCUT2D eigenvalue weighted by Gasteiger charge is 2.35. The van der Waals surface area contributed by atoms with E-state index in [4.69, 9.17) is 4.74 Å². The van der Waals surface area contributed by atoms with Gasteiger partial charge in [-0.3, -0.25) is 4.90 Å². The Bertz CT molecular complexity index is 790. The molecule has 0 spiro atoms. The van der Waals surface area contributed by atoms with Crippen LogP contribution in [0.15, 0.2) is 24.3 Å². The number of halogens is 1. The van der Waals surface area contributed by atoms with Crippen molar-refractivity contribution in [3.05, 3.63) is 41.0 Å². The maximum absolute atomic E-state index is 12.6. The van der Waals surface area contributed by atoms with Gasteiger partial charge in [0.05, 0.1) is 0 Å². The highest BCUT2D eigenvalue weighted by molar-refractivity contribution is 5.83. The van der Waals surface area contributed by atoms with Gasteiger partial charge in [0.15, 0.2) is 11.5 Å². The monoisotopic (exact) mass is 315 g/mol. The first-order valence-electron chi connectivity index (χ1n) is 7.70. The standard InChI is InChI=1S/C18H18FNO3/c1-20-5-4-11-6-12(23-9-19)8-13-16(11)14(20)7-10-2-3-15(21)18(22)17(10)13/h2-3,6,8,14,21-22H,4-5,7,9H2,1H3/t14-/m1/s1. The number of fused-ring (bicyclic) bond motifs is 2. The lowest BCUT2D eigenvalue weighted by Gasteiger charge is -2.40. The number of hydrogen-bond donors (Lipinski definition) is 2. The van der Waals surface area contributed by atoms with Crippen LogP contribution in [0.2, 0.25) is 0 Å². The van der Waals surface area contributed by atoms with Crippen LogP contribution in [0.5, 0.6) is 17.2 Å². The molecule has 0 fully saturated rings. The van der Waals surface area contributed by atoms with Crippen LogP contribution in [0, 0.1) is 0 Å². The molecule has 0 saturated carbocycles. The fourth-order valence-corrected chi connectivity index (χ4v) is 3.87. The molecule has 2 aromatic carbocycles. The van der Waals surface area contributed by atoms with Crippen molar-refractivity contribution in [2.75, 3.05) is 20.5 Å². The second kappa shape index (κ2) is 5.13. The summed E-state index contributed by atoms with van der Waals surface area (Å²) in [5, 5.41) is 20.2. The van der Waals surface area contributed by atoms with Crippen LogP contribution >= 0.6 is 0 Å². The van der Waals surface area contributed by atoms with E-state index in [0.29, 0.717) is 11.3 Å². The van der Waals surface area contributed by atoms with E-state index >= 15 is 0 Å². The van der Waals surface area contributed by atoms with Crippen molar-refractivity contribution in [2.24, 2.45) is 0 Å². The molecule has 0 aromatic heterocycles. The van der Waals surface area contributed by atoms with Crippen molar-refractivity contribution in [2.45, 2.75) is 18.9 Å². The van der Waals surface area contributed by atoms with Gasteiger partial charge in [0, 0.05) is 18.2 Å². The molecule has 0 saturated heterocycles. The van der Waals surface area contributed by atoms with Gasteiger partial charge >= 0.3 is 0 Å². The van der Waals surface area contributed by atoms with E-state index in [0.717, 1.165) is 41.6 Å². The maximum atomic E-state index is 12.6. The lowest BCUT2D eigenvalue weighted by molar-refractivity contribution is 0.190. The smallest absolute Gasteiger partial charge is 0.228 e. The fourth-order valence-electron chi connectivity index (χ4n) is 3.87. The topological polar surface area (TPSA) is 52.9 Å². The molecule has 1 aliphatic carbocycles. The Morgan fingerprint density at radius 1 is 1.26 bits per heavy atom. The van der Waals surface area contributed by atoms with Gasteiger partial charge in [0.25, 0.3) is 0 Å². The molecular formula is C18H18FNO3. The minimum absolute atomic E-state index is 0.117. The predicted octanol–water partition coefficient (Wildman–Crippen LogP) is 3.16. The van der Waals surface area contributed by atoms with Crippen LogP contribution in [-0.2, 0) is 12.8 Å². The van der Waals surface area contributed by atoms with E-state index in [1.165, 1.54) is 6.07 Å². The number of nitrogens with zero attached hydrogens (tertiary/aromatic N) is 1. The SMILES string of the molecule is CN1CCc2cc(OCF)cc3c2[C@H]1Cc1ccc(O)c(O)c1-3. The van der Waals surface area contributed by atoms with Crippen molar-refractivity contribution in [3.63, 3.8) is 0 Å². The summed E-state index contributed by atoms with van der Waals surface area (Å²) in [6.07, 6.45) is 1.64. The summed E-state index contributed by atoms with van der Waals surface area (Å²) >= 11 is 0. The minimum atomic E-state index is -0.888. The van der Waals surface area contributed by atoms with Gasteiger partial charge in [0.2, 0.25) is 6.86 Å². The third kappa shape index (κ3) is 2.07. The van der Waals surface area contributed by atoms with Crippen LogP contribution in [0.1, 0.15) is 22.7 Å². The highest BCUT2D eigenvalue weighted by atomic mass is 19.1. The normalized spacial score (nSPS) is 19.1. The molecule has 2 aliphatic rings. The molecule has 0 radical (unpaired) electrons. The number of likely N-dealkylation sites (N-methyl/N-ethyl adjacent to an activating group) is 1. The summed E-state index contributed by atoms with van der Waals surface area (Å²) < 4.78 is 17.7. The van der Waals surface area contributed by atoms with Gasteiger partial charge in [0.1, 0.15) is 5.75 Å². The third-order valence-electron chi connectivity index (χ3n) is 4.99. The zero-order valence-corrected chi connectivity index (χ0v) is 12.8. The van der Waals surface area contributed by atoms with Crippen LogP contribution in [0.3, 0.4) is 0 Å². The van der Waals surface area contributed by atoms with Crippen molar-refractivity contribution >= 4 is 0 Å². The molecule has 1 aliphatic heterocycles. The fraction of sp³-hybridized carbons (Fsp3) is 0.333. The highest BCUT2D eigenvalue weighted by Crippen LogP contribution is 2.51. The summed E-state index contributed by atoms with van der Waals surface area (Å²) in [6.45, 7) is 0.0377. The van der Waals surface area contributed by atoms with E-state index in [1.54, 1.807) is 6.07 Å². The molecule has 120 valence electrons. The Morgan fingerprint density at radius 2 is 2.09 bits per heavy atom. The summed E-state index contributed by atoms with van der Waals surface area (Å²) in [6, 6.07) is 7.25. The van der Waals surface area contributed by atoms with E-state index in [-0.39, 0.29) is 17.5 Å². The number of benzene rings is 2. The molecule has 2 aromatic rings. The second-order valence-corrected chi connectivity index (χ2v) is 6.22. The largest absolute Gasteiger partial charge is 0.504 e. The van der Waals surface area contributed by atoms with Gasteiger partial charge < -0.3 is 14.9 Å². The van der Waals surface area contributed by atoms with E-state index in [9.17, 15) is 14.6 Å². The van der Waals surface area contributed by atoms with Gasteiger partial charge in [-0.1, -0.05) is 6.07 Å². The van der Waals surface area contributed by atoms with E-state index in [1.807, 2.05) is 12.1 Å². The summed E-state index contributed by atoms with van der Waals surface area (Å²) in [5.74, 6) is 0.200. The van der Waals surface area contributed by atoms with Gasteiger partial charge in [-0.15, -0.1) is 0 Å². The first-order valence-corrected chi connectivity index (χ1v) is 7.70. The van der Waals surface area contributed by atoms with Gasteiger partial charge in [-0.05, 0) is 60.3 Å². The zero-order chi connectivity index (χ0) is 16.1. The number of rotatable bonds is 2. The van der Waals surface area contributed by atoms with Crippen molar-refractivity contribution in [3.8, 4) is 28.4 Å². The zero-order valence-electron chi connectivity index (χ0n) is 12.8. The van der Waals surface area contributed by atoms with Crippen molar-refractivity contribution in [1.82, 2.24) is 4.90 Å². The number of hydrogen-bond acceptors (Lipinski definition) is 4. The summed E-state index contributed by atoms with van der Waals surface area (Å²) in [4.78, 5) is 2.30. The maximum Gasteiger partial charge on any atom is 0.228 e. The molecule has 2 N–H and O–H groups in total. The Hall–Kier alpha value is -2.27. The molecule has 4 nitrogen and oxygen atoms in total. The van der Waals surface area contributed by atoms with Crippen LogP contribution in [0.4, 0.5) is 4.39 Å². The third-order valence-corrected chi connectivity index (χ3v) is 4.99. The summed E-state index contributed by atoms with van der Waals surface area (Å²) in [7, 11) is 2.09. The second-order valence-electron chi connectivity index (χ2n) is 6.22. The molecule has 0 unspecified atom stereocenters. The molecular weight excluding hydrogens is 297 g/mol. The van der Waals surface area contributed by atoms with Crippen LogP contribution in [-0.4, -0.2) is 35.6 Å². The van der Waals surface area contributed by atoms with E-state index in [2.05, 4.69) is 11.9 Å². The number of ether oxygens (including phenoxy) is 1. The molecule has 1 atom stereocenters. The first-order chi connectivity index (χ1) is 11.1. The Labute approximate surface area is 133 Å². The minimum Gasteiger partial charge on any atom is -0.504 e. The van der Waals surface area contributed by atoms with Gasteiger partial charge in [-0.25, -0.2) is 4.39 Å². The Kier molecular flexibility index (Phi) is 3.20. The molecule has 5 heteroatoms. The van der Waals surface area contributed by atoms with Crippen molar-refractivity contribution in [1.29, 1.82) is 0 Å². The number of alkyl halides is 1. The van der Waals surface area contributed by atoms with Crippen LogP contribution < -0.4 is 4.74 Å². The lowest BCUT2D eigenvalue weighted by Crippen LogP contribution is -2.35. The average molecular weight is 315 g/mol. The molecule has 4 rings (SSSR count). The molecule has 1 heterocycles. The number of phenols is 2. The van der Waals surface area contributed by atoms with Crippen LogP contribution in [0.25, 0.3) is 11.1 Å². The molecule has 0 amide bonds. The Balaban J connectivity index is 2.02.